The Balaban J connectivity index is 1.75. The number of carbonyl (C=O) groups excluding carboxylic acids is 2. The van der Waals surface area contributed by atoms with Gasteiger partial charge >= 0.3 is 5.76 Å². The lowest BCUT2D eigenvalue weighted by molar-refractivity contribution is -0.129. The van der Waals surface area contributed by atoms with Crippen molar-refractivity contribution in [3.05, 3.63) is 70.2 Å². The van der Waals surface area contributed by atoms with Crippen LogP contribution >= 0.6 is 0 Å². The normalized spacial score (nSPS) is 12.0. The van der Waals surface area contributed by atoms with E-state index in [0.29, 0.717) is 11.1 Å². The van der Waals surface area contributed by atoms with E-state index in [0.717, 1.165) is 12.1 Å². The number of nitrogens with zero attached hydrogens (tertiary/aromatic N) is 1. The summed E-state index contributed by atoms with van der Waals surface area (Å²) in [4.78, 5) is 36.4. The fourth-order valence-corrected chi connectivity index (χ4v) is 2.81. The largest absolute Gasteiger partial charge is 0.419 e. The number of fused-ring (bicyclic) bond motifs is 1. The van der Waals surface area contributed by atoms with Crippen molar-refractivity contribution in [2.45, 2.75) is 19.0 Å². The molecule has 2 amide bonds. The molecule has 2 aromatic carbocycles. The highest BCUT2D eigenvalue weighted by atomic mass is 19.2. The summed E-state index contributed by atoms with van der Waals surface area (Å²) in [6, 6.07) is 8.52. The number of rotatable bonds is 6. The molecule has 1 unspecified atom stereocenters. The van der Waals surface area contributed by atoms with E-state index >= 15 is 0 Å². The molecule has 146 valence electrons. The number of benzene rings is 2. The summed E-state index contributed by atoms with van der Waals surface area (Å²) in [5.41, 5.74) is 1.04. The third kappa shape index (κ3) is 3.93. The molecule has 1 atom stereocenters. The Bertz CT molecular complexity index is 1090. The van der Waals surface area contributed by atoms with Crippen molar-refractivity contribution in [3.63, 3.8) is 0 Å². The first-order chi connectivity index (χ1) is 13.4. The molecule has 9 heteroatoms. The quantitative estimate of drug-likeness (QED) is 0.673. The molecule has 7 nitrogen and oxygen atoms in total. The molecular weight excluding hydrogens is 372 g/mol. The number of hydrogen-bond acceptors (Lipinski definition) is 4. The predicted molar refractivity (Wildman–Crippen MR) is 96.4 cm³/mol. The highest BCUT2D eigenvalue weighted by molar-refractivity contribution is 5.88. The number of aromatic nitrogens is 1. The van der Waals surface area contributed by atoms with Crippen molar-refractivity contribution >= 4 is 22.9 Å². The molecule has 0 saturated heterocycles. The Morgan fingerprint density at radius 2 is 1.89 bits per heavy atom. The Morgan fingerprint density at radius 1 is 1.14 bits per heavy atom. The first-order valence-electron chi connectivity index (χ1n) is 8.45. The zero-order chi connectivity index (χ0) is 20.3. The first kappa shape index (κ1) is 19.3. The molecule has 0 saturated carbocycles. The molecule has 3 rings (SSSR count). The second kappa shape index (κ2) is 8.03. The fourth-order valence-electron chi connectivity index (χ4n) is 2.81. The number of aryl methyl sites for hydroxylation is 1. The van der Waals surface area contributed by atoms with Crippen LogP contribution in [0.2, 0.25) is 0 Å². The fraction of sp³-hybridized carbons (Fsp3) is 0.211. The van der Waals surface area contributed by atoms with Gasteiger partial charge in [0.05, 0.1) is 5.52 Å². The van der Waals surface area contributed by atoms with E-state index in [-0.39, 0.29) is 18.5 Å². The molecule has 28 heavy (non-hydrogen) atoms. The molecule has 0 aliphatic rings. The Kier molecular flexibility index (Phi) is 5.53. The van der Waals surface area contributed by atoms with Crippen LogP contribution in [-0.4, -0.2) is 23.4 Å². The highest BCUT2D eigenvalue weighted by Gasteiger charge is 2.23. The summed E-state index contributed by atoms with van der Waals surface area (Å²) in [6.07, 6.45) is -0.124. The van der Waals surface area contributed by atoms with Gasteiger partial charge in [-0.15, -0.1) is 0 Å². The highest BCUT2D eigenvalue weighted by Crippen LogP contribution is 2.17. The molecule has 0 fully saturated rings. The smallest absolute Gasteiger partial charge is 0.408 e. The zero-order valence-corrected chi connectivity index (χ0v) is 14.9. The molecule has 0 aliphatic heterocycles. The molecule has 0 bridgehead atoms. The molecule has 1 aromatic heterocycles. The number of oxazole rings is 1. The minimum absolute atomic E-state index is 0.0277. The molecule has 3 aromatic rings. The lowest BCUT2D eigenvalue weighted by atomic mass is 10.1. The van der Waals surface area contributed by atoms with Gasteiger partial charge in [0.15, 0.2) is 17.2 Å². The molecular formula is C19H17F2N3O4. The van der Waals surface area contributed by atoms with Gasteiger partial charge in [-0.25, -0.2) is 13.6 Å². The van der Waals surface area contributed by atoms with E-state index in [1.165, 1.54) is 17.7 Å². The average molecular weight is 389 g/mol. The number of likely N-dealkylation sites (N-methyl/N-ethyl adjacent to an activating group) is 1. The van der Waals surface area contributed by atoms with Gasteiger partial charge in [0.2, 0.25) is 11.8 Å². The minimum atomic E-state index is -1.20. The van der Waals surface area contributed by atoms with Crippen molar-refractivity contribution in [2.75, 3.05) is 7.05 Å². The van der Waals surface area contributed by atoms with Crippen molar-refractivity contribution in [1.82, 2.24) is 15.2 Å². The van der Waals surface area contributed by atoms with E-state index in [1.54, 1.807) is 24.3 Å². The number of para-hydroxylation sites is 2. The average Bonchev–Trinajstić information content (AvgIpc) is 3.01. The number of halogens is 2. The predicted octanol–water partition coefficient (Wildman–Crippen LogP) is 1.87. The standard InChI is InChI=1S/C19H17F2N3O4/c1-22-18(26)17(11-6-7-12(20)13(21)10-11)23-16(25)8-9-24-14-4-2-3-5-15(14)28-19(24)27/h2-7,10,17H,8-9H2,1H3,(H,22,26)(H,23,25). The molecule has 0 spiro atoms. The zero-order valence-electron chi connectivity index (χ0n) is 14.9. The summed E-state index contributed by atoms with van der Waals surface area (Å²) in [5, 5.41) is 4.84. The molecule has 0 radical (unpaired) electrons. The number of carbonyl (C=O) groups is 2. The maximum atomic E-state index is 13.5. The number of amides is 2. The number of hydrogen-bond donors (Lipinski definition) is 2. The van der Waals surface area contributed by atoms with Crippen LogP contribution in [0.4, 0.5) is 8.78 Å². The second-order valence-electron chi connectivity index (χ2n) is 6.03. The SMILES string of the molecule is CNC(=O)C(NC(=O)CCn1c(=O)oc2ccccc21)c1ccc(F)c(F)c1. The van der Waals surface area contributed by atoms with E-state index < -0.39 is 35.2 Å². The topological polar surface area (TPSA) is 93.3 Å². The van der Waals surface area contributed by atoms with Crippen LogP contribution < -0.4 is 16.4 Å². The van der Waals surface area contributed by atoms with Crippen LogP contribution in [0.1, 0.15) is 18.0 Å². The summed E-state index contributed by atoms with van der Waals surface area (Å²) in [6.45, 7) is 0.0277. The summed E-state index contributed by atoms with van der Waals surface area (Å²) >= 11 is 0. The third-order valence-corrected chi connectivity index (χ3v) is 4.23. The van der Waals surface area contributed by atoms with Crippen LogP contribution in [-0.2, 0) is 16.1 Å². The van der Waals surface area contributed by atoms with E-state index in [2.05, 4.69) is 10.6 Å². The van der Waals surface area contributed by atoms with Crippen molar-refractivity contribution in [1.29, 1.82) is 0 Å². The van der Waals surface area contributed by atoms with Gasteiger partial charge in [0.25, 0.3) is 0 Å². The molecule has 0 aliphatic carbocycles. The third-order valence-electron chi connectivity index (χ3n) is 4.23. The molecule has 1 heterocycles. The van der Waals surface area contributed by atoms with Gasteiger partial charge in [0.1, 0.15) is 6.04 Å². The van der Waals surface area contributed by atoms with Crippen molar-refractivity contribution in [3.8, 4) is 0 Å². The van der Waals surface area contributed by atoms with Crippen molar-refractivity contribution < 1.29 is 22.8 Å². The summed E-state index contributed by atoms with van der Waals surface area (Å²) in [5.74, 6) is -3.92. The van der Waals surface area contributed by atoms with Gasteiger partial charge < -0.3 is 15.1 Å². The first-order valence-corrected chi connectivity index (χ1v) is 8.45. The lowest BCUT2D eigenvalue weighted by Gasteiger charge is -2.18. The van der Waals surface area contributed by atoms with Gasteiger partial charge in [-0.2, -0.15) is 0 Å². The Hall–Kier alpha value is -3.49. The second-order valence-corrected chi connectivity index (χ2v) is 6.03. The van der Waals surface area contributed by atoms with Gasteiger partial charge in [-0.3, -0.25) is 14.2 Å². The molecule has 2 N–H and O–H groups in total. The van der Waals surface area contributed by atoms with Crippen LogP contribution in [0.15, 0.2) is 51.7 Å². The van der Waals surface area contributed by atoms with Crippen LogP contribution in [0.3, 0.4) is 0 Å². The van der Waals surface area contributed by atoms with Crippen LogP contribution in [0, 0.1) is 11.6 Å². The minimum Gasteiger partial charge on any atom is -0.408 e. The van der Waals surface area contributed by atoms with E-state index in [4.69, 9.17) is 4.42 Å². The van der Waals surface area contributed by atoms with Gasteiger partial charge in [-0.05, 0) is 29.8 Å². The lowest BCUT2D eigenvalue weighted by Crippen LogP contribution is -2.39. The van der Waals surface area contributed by atoms with Crippen molar-refractivity contribution in [2.24, 2.45) is 0 Å². The van der Waals surface area contributed by atoms with Crippen LogP contribution in [0.5, 0.6) is 0 Å². The van der Waals surface area contributed by atoms with E-state index in [9.17, 15) is 23.2 Å². The summed E-state index contributed by atoms with van der Waals surface area (Å²) < 4.78 is 33.1. The number of nitrogens with one attached hydrogen (secondary N) is 2. The van der Waals surface area contributed by atoms with Gasteiger partial charge in [-0.1, -0.05) is 18.2 Å². The van der Waals surface area contributed by atoms with E-state index in [1.807, 2.05) is 0 Å². The Morgan fingerprint density at radius 3 is 2.61 bits per heavy atom. The Labute approximate surface area is 157 Å². The summed E-state index contributed by atoms with van der Waals surface area (Å²) in [7, 11) is 1.36. The van der Waals surface area contributed by atoms with Crippen LogP contribution in [0.25, 0.3) is 11.1 Å². The maximum absolute atomic E-state index is 13.5. The monoisotopic (exact) mass is 389 g/mol. The van der Waals surface area contributed by atoms with Gasteiger partial charge in [0, 0.05) is 20.0 Å². The maximum Gasteiger partial charge on any atom is 0.419 e.